The van der Waals surface area contributed by atoms with Gasteiger partial charge in [-0.1, -0.05) is 35.4 Å². The van der Waals surface area contributed by atoms with Crippen molar-refractivity contribution in [1.29, 1.82) is 0 Å². The normalized spacial score (nSPS) is 10.6. The van der Waals surface area contributed by atoms with E-state index in [2.05, 4.69) is 65.8 Å². The molecule has 25 heavy (non-hydrogen) atoms. The minimum atomic E-state index is -0.292. The van der Waals surface area contributed by atoms with Gasteiger partial charge in [0.05, 0.1) is 0 Å². The molecule has 2 aromatic rings. The van der Waals surface area contributed by atoms with Gasteiger partial charge in [-0.3, -0.25) is 4.79 Å². The van der Waals surface area contributed by atoms with E-state index in [1.165, 1.54) is 40.3 Å². The van der Waals surface area contributed by atoms with Gasteiger partial charge in [-0.2, -0.15) is 0 Å². The number of carbonyl (C=O) groups is 1. The van der Waals surface area contributed by atoms with Crippen molar-refractivity contribution in [2.24, 2.45) is 0 Å². The fourth-order valence-electron chi connectivity index (χ4n) is 3.89. The Morgan fingerprint density at radius 3 is 1.28 bits per heavy atom. The second kappa shape index (κ2) is 7.26. The Bertz CT molecular complexity index is 764. The van der Waals surface area contributed by atoms with Crippen LogP contribution in [0.25, 0.3) is 5.57 Å². The van der Waals surface area contributed by atoms with E-state index in [1.54, 1.807) is 0 Å². The number of hydrogen-bond acceptors (Lipinski definition) is 2. The maximum Gasteiger partial charge on any atom is 0.307 e. The van der Waals surface area contributed by atoms with Crippen molar-refractivity contribution >= 4 is 11.5 Å². The second-order valence-corrected chi connectivity index (χ2v) is 7.07. The van der Waals surface area contributed by atoms with Crippen LogP contribution >= 0.6 is 0 Å². The van der Waals surface area contributed by atoms with E-state index in [0.29, 0.717) is 5.76 Å². The van der Waals surface area contributed by atoms with Gasteiger partial charge in [0.2, 0.25) is 0 Å². The molecule has 0 N–H and O–H groups in total. The molecule has 0 radical (unpaired) electrons. The Kier molecular flexibility index (Phi) is 5.52. The highest BCUT2D eigenvalue weighted by molar-refractivity contribution is 5.88. The first-order valence-corrected chi connectivity index (χ1v) is 8.67. The van der Waals surface area contributed by atoms with Crippen LogP contribution in [0.15, 0.2) is 30.0 Å². The predicted molar refractivity (Wildman–Crippen MR) is 105 cm³/mol. The van der Waals surface area contributed by atoms with Gasteiger partial charge in [0, 0.05) is 12.5 Å². The highest BCUT2D eigenvalue weighted by atomic mass is 16.5. The molecule has 0 saturated carbocycles. The minimum absolute atomic E-state index is 0.292. The summed E-state index contributed by atoms with van der Waals surface area (Å²) in [6.45, 7) is 16.0. The van der Waals surface area contributed by atoms with Gasteiger partial charge in [0.25, 0.3) is 0 Å². The maximum atomic E-state index is 11.6. The van der Waals surface area contributed by atoms with Crippen LogP contribution in [-0.2, 0) is 9.53 Å². The van der Waals surface area contributed by atoms with E-state index < -0.39 is 0 Å². The SMILES string of the molecule is CC(=O)OC(C)=C(c1c(C)cc(C)cc1C)c1c(C)cc(C)cc1C. The van der Waals surface area contributed by atoms with Crippen LogP contribution in [-0.4, -0.2) is 5.97 Å². The Balaban J connectivity index is 2.89. The molecule has 0 aliphatic heterocycles. The standard InChI is InChI=1S/C23H28O2/c1-13-9-15(3)21(16(4)10-13)23(19(7)25-20(8)24)22-17(5)11-14(2)12-18(22)6/h9-12H,1-8H3. The van der Waals surface area contributed by atoms with Crippen LogP contribution in [0.3, 0.4) is 0 Å². The first kappa shape index (κ1) is 19.0. The molecule has 0 aliphatic rings. The smallest absolute Gasteiger partial charge is 0.307 e. The van der Waals surface area contributed by atoms with E-state index in [4.69, 9.17) is 4.74 Å². The number of aryl methyl sites for hydroxylation is 6. The van der Waals surface area contributed by atoms with Crippen LogP contribution in [0.5, 0.6) is 0 Å². The molecule has 2 heteroatoms. The third-order valence-corrected chi connectivity index (χ3v) is 4.50. The van der Waals surface area contributed by atoms with Crippen LogP contribution < -0.4 is 0 Å². The Morgan fingerprint density at radius 1 is 0.680 bits per heavy atom. The zero-order valence-electron chi connectivity index (χ0n) is 16.6. The molecule has 2 nitrogen and oxygen atoms in total. The topological polar surface area (TPSA) is 26.3 Å². The monoisotopic (exact) mass is 336 g/mol. The van der Waals surface area contributed by atoms with Crippen molar-refractivity contribution in [2.45, 2.75) is 55.4 Å². The lowest BCUT2D eigenvalue weighted by Crippen LogP contribution is -2.06. The van der Waals surface area contributed by atoms with Crippen molar-refractivity contribution < 1.29 is 9.53 Å². The lowest BCUT2D eigenvalue weighted by Gasteiger charge is -2.22. The molecule has 0 unspecified atom stereocenters. The summed E-state index contributed by atoms with van der Waals surface area (Å²) in [6.07, 6.45) is 0. The molecular weight excluding hydrogens is 308 g/mol. The lowest BCUT2D eigenvalue weighted by molar-refractivity contribution is -0.136. The minimum Gasteiger partial charge on any atom is -0.431 e. The maximum absolute atomic E-state index is 11.6. The highest BCUT2D eigenvalue weighted by Crippen LogP contribution is 2.36. The third kappa shape index (κ3) is 4.01. The number of allylic oxidation sites excluding steroid dienone is 1. The number of rotatable bonds is 3. The Hall–Kier alpha value is -2.35. The predicted octanol–water partition coefficient (Wildman–Crippen LogP) is 5.88. The molecule has 0 atom stereocenters. The van der Waals surface area contributed by atoms with Crippen LogP contribution in [0.2, 0.25) is 0 Å². The van der Waals surface area contributed by atoms with Crippen molar-refractivity contribution in [3.05, 3.63) is 74.5 Å². The van der Waals surface area contributed by atoms with Crippen molar-refractivity contribution in [3.8, 4) is 0 Å². The molecule has 0 aromatic heterocycles. The average molecular weight is 336 g/mol. The molecule has 0 saturated heterocycles. The molecule has 2 rings (SSSR count). The van der Waals surface area contributed by atoms with E-state index >= 15 is 0 Å². The molecule has 0 aliphatic carbocycles. The number of benzene rings is 2. The van der Waals surface area contributed by atoms with Gasteiger partial charge in [-0.05, 0) is 81.8 Å². The van der Waals surface area contributed by atoms with Gasteiger partial charge < -0.3 is 4.74 Å². The van der Waals surface area contributed by atoms with Gasteiger partial charge in [0.15, 0.2) is 0 Å². The third-order valence-electron chi connectivity index (χ3n) is 4.50. The van der Waals surface area contributed by atoms with Gasteiger partial charge in [-0.15, -0.1) is 0 Å². The lowest BCUT2D eigenvalue weighted by atomic mass is 9.84. The highest BCUT2D eigenvalue weighted by Gasteiger charge is 2.20. The summed E-state index contributed by atoms with van der Waals surface area (Å²) in [4.78, 5) is 11.6. The summed E-state index contributed by atoms with van der Waals surface area (Å²) >= 11 is 0. The van der Waals surface area contributed by atoms with Gasteiger partial charge >= 0.3 is 5.97 Å². The molecule has 0 heterocycles. The first-order valence-electron chi connectivity index (χ1n) is 8.67. The largest absolute Gasteiger partial charge is 0.431 e. The summed E-state index contributed by atoms with van der Waals surface area (Å²) in [7, 11) is 0. The van der Waals surface area contributed by atoms with Crippen molar-refractivity contribution in [1.82, 2.24) is 0 Å². The van der Waals surface area contributed by atoms with E-state index in [9.17, 15) is 4.79 Å². The molecule has 0 amide bonds. The number of ether oxygens (including phenoxy) is 1. The summed E-state index contributed by atoms with van der Waals surface area (Å²) in [6, 6.07) is 8.73. The van der Waals surface area contributed by atoms with E-state index in [0.717, 1.165) is 16.7 Å². The number of hydrogen-bond donors (Lipinski definition) is 0. The summed E-state index contributed by atoms with van der Waals surface area (Å²) in [5.41, 5.74) is 10.6. The van der Waals surface area contributed by atoms with Crippen molar-refractivity contribution in [3.63, 3.8) is 0 Å². The van der Waals surface area contributed by atoms with E-state index in [-0.39, 0.29) is 5.97 Å². The Labute approximate surface area is 151 Å². The van der Waals surface area contributed by atoms with Crippen molar-refractivity contribution in [2.75, 3.05) is 0 Å². The molecule has 132 valence electrons. The quantitative estimate of drug-likeness (QED) is 0.517. The molecule has 0 fully saturated rings. The van der Waals surface area contributed by atoms with Crippen LogP contribution in [0, 0.1) is 41.5 Å². The zero-order valence-corrected chi connectivity index (χ0v) is 16.6. The summed E-state index contributed by atoms with van der Waals surface area (Å²) in [5, 5.41) is 0. The molecule has 2 aromatic carbocycles. The van der Waals surface area contributed by atoms with Crippen LogP contribution in [0.1, 0.15) is 58.4 Å². The fraction of sp³-hybridized carbons (Fsp3) is 0.348. The molecule has 0 spiro atoms. The Morgan fingerprint density at radius 2 is 1.00 bits per heavy atom. The van der Waals surface area contributed by atoms with Crippen LogP contribution in [0.4, 0.5) is 0 Å². The number of esters is 1. The second-order valence-electron chi connectivity index (χ2n) is 7.07. The average Bonchev–Trinajstić information content (AvgIpc) is 2.42. The summed E-state index contributed by atoms with van der Waals surface area (Å²) < 4.78 is 5.54. The van der Waals surface area contributed by atoms with Gasteiger partial charge in [0.1, 0.15) is 5.76 Å². The van der Waals surface area contributed by atoms with Gasteiger partial charge in [-0.25, -0.2) is 0 Å². The molecular formula is C23H28O2. The first-order chi connectivity index (χ1) is 11.6. The fourth-order valence-corrected chi connectivity index (χ4v) is 3.89. The summed E-state index contributed by atoms with van der Waals surface area (Å²) in [5.74, 6) is 0.359. The number of carbonyl (C=O) groups excluding carboxylic acids is 1. The zero-order chi connectivity index (χ0) is 18.9. The molecule has 0 bridgehead atoms. The van der Waals surface area contributed by atoms with E-state index in [1.807, 2.05) is 6.92 Å².